The third-order valence-corrected chi connectivity index (χ3v) is 13.9. The van der Waals surface area contributed by atoms with Gasteiger partial charge in [0.05, 0.1) is 11.5 Å². The molecule has 5 aliphatic carbocycles. The number of hydrogen-bond acceptors (Lipinski definition) is 3. The Hall–Kier alpha value is -1.94. The molecule has 4 saturated carbocycles. The van der Waals surface area contributed by atoms with Crippen molar-refractivity contribution in [2.24, 2.45) is 50.7 Å². The van der Waals surface area contributed by atoms with Crippen LogP contribution >= 0.6 is 0 Å². The number of carbonyl (C=O) groups excluding carboxylic acids is 2. The Morgan fingerprint density at radius 2 is 1.57 bits per heavy atom. The molecule has 4 nitrogen and oxygen atoms in total. The summed E-state index contributed by atoms with van der Waals surface area (Å²) in [5.74, 6) is 1.72. The maximum absolute atomic E-state index is 14.2. The molecule has 0 radical (unpaired) electrons. The first kappa shape index (κ1) is 28.2. The number of Topliss-reactive ketones (excluding diaryl/α,β-unsaturated/α-hetero) is 1. The SMILES string of the molecule is CC(C)C1=C2[C@H]3CCC4[C@@]5(C)CC[C@H](O)C(C)(C)C5CC[C@@]4(C)[C@]3(C)CC[C@@]2(C(=O)Nc2ccccc2)CC1=O. The second-order valence-electron chi connectivity index (χ2n) is 16.0. The van der Waals surface area contributed by atoms with Gasteiger partial charge in [-0.05, 0) is 120 Å². The van der Waals surface area contributed by atoms with E-state index in [1.54, 1.807) is 0 Å². The number of amides is 1. The van der Waals surface area contributed by atoms with Crippen LogP contribution in [0.25, 0.3) is 0 Å². The van der Waals surface area contributed by atoms with Crippen LogP contribution in [0.3, 0.4) is 0 Å². The van der Waals surface area contributed by atoms with E-state index in [9.17, 15) is 14.7 Å². The lowest BCUT2D eigenvalue weighted by Crippen LogP contribution is -2.66. The number of aliphatic hydroxyl groups excluding tert-OH is 1. The van der Waals surface area contributed by atoms with Gasteiger partial charge in [0.15, 0.2) is 5.78 Å². The van der Waals surface area contributed by atoms with E-state index in [0.717, 1.165) is 56.2 Å². The van der Waals surface area contributed by atoms with Gasteiger partial charge in [-0.15, -0.1) is 0 Å². The number of para-hydroxylation sites is 1. The van der Waals surface area contributed by atoms with Crippen molar-refractivity contribution in [3.05, 3.63) is 41.5 Å². The van der Waals surface area contributed by atoms with E-state index in [-0.39, 0.29) is 51.3 Å². The molecule has 2 unspecified atom stereocenters. The summed E-state index contributed by atoms with van der Waals surface area (Å²) in [5.41, 5.74) is 2.59. The fourth-order valence-corrected chi connectivity index (χ4v) is 11.7. The van der Waals surface area contributed by atoms with E-state index in [1.165, 1.54) is 12.0 Å². The van der Waals surface area contributed by atoms with Crippen molar-refractivity contribution in [3.8, 4) is 0 Å². The summed E-state index contributed by atoms with van der Waals surface area (Å²) in [6.07, 6.45) is 8.38. The first-order valence-electron chi connectivity index (χ1n) is 16.0. The molecule has 8 atom stereocenters. The molecular weight excluding hydrogens is 494 g/mol. The molecule has 218 valence electrons. The second-order valence-corrected chi connectivity index (χ2v) is 16.0. The minimum atomic E-state index is -0.724. The molecule has 0 aromatic heterocycles. The third-order valence-electron chi connectivity index (χ3n) is 13.9. The van der Waals surface area contributed by atoms with Crippen LogP contribution in [0.5, 0.6) is 0 Å². The first-order chi connectivity index (χ1) is 18.7. The third kappa shape index (κ3) is 3.53. The highest BCUT2D eigenvalue weighted by Crippen LogP contribution is 2.76. The molecule has 5 aliphatic rings. The highest BCUT2D eigenvalue weighted by molar-refractivity contribution is 6.09. The summed E-state index contributed by atoms with van der Waals surface area (Å²) in [6.45, 7) is 16.6. The van der Waals surface area contributed by atoms with Crippen LogP contribution < -0.4 is 5.32 Å². The number of nitrogens with one attached hydrogen (secondary N) is 1. The van der Waals surface area contributed by atoms with Crippen molar-refractivity contribution in [3.63, 3.8) is 0 Å². The molecule has 2 N–H and O–H groups in total. The van der Waals surface area contributed by atoms with Crippen LogP contribution in [0.1, 0.15) is 106 Å². The zero-order valence-corrected chi connectivity index (χ0v) is 25.9. The molecule has 1 amide bonds. The van der Waals surface area contributed by atoms with E-state index in [4.69, 9.17) is 0 Å². The van der Waals surface area contributed by atoms with Crippen molar-refractivity contribution in [1.82, 2.24) is 0 Å². The molecule has 0 spiro atoms. The Kier molecular flexibility index (Phi) is 6.36. The highest BCUT2D eigenvalue weighted by Gasteiger charge is 2.70. The molecule has 0 bridgehead atoms. The topological polar surface area (TPSA) is 66.4 Å². The number of allylic oxidation sites excluding steroid dienone is 1. The minimum Gasteiger partial charge on any atom is -0.393 e. The van der Waals surface area contributed by atoms with Crippen LogP contribution in [-0.2, 0) is 9.59 Å². The van der Waals surface area contributed by atoms with Gasteiger partial charge in [0, 0.05) is 12.1 Å². The number of fused-ring (bicyclic) bond motifs is 7. The zero-order valence-electron chi connectivity index (χ0n) is 25.9. The number of aliphatic hydroxyl groups is 1. The smallest absolute Gasteiger partial charge is 0.235 e. The number of benzene rings is 1. The van der Waals surface area contributed by atoms with Crippen molar-refractivity contribution < 1.29 is 14.7 Å². The normalized spacial score (nSPS) is 44.0. The molecule has 40 heavy (non-hydrogen) atoms. The van der Waals surface area contributed by atoms with E-state index < -0.39 is 5.41 Å². The Balaban J connectivity index is 1.42. The largest absolute Gasteiger partial charge is 0.393 e. The maximum Gasteiger partial charge on any atom is 0.235 e. The molecule has 0 aliphatic heterocycles. The van der Waals surface area contributed by atoms with Crippen LogP contribution in [0, 0.1) is 50.7 Å². The molecule has 6 rings (SSSR count). The summed E-state index contributed by atoms with van der Waals surface area (Å²) in [4.78, 5) is 28.0. The lowest BCUT2D eigenvalue weighted by molar-refractivity contribution is -0.228. The Morgan fingerprint density at radius 3 is 2.25 bits per heavy atom. The quantitative estimate of drug-likeness (QED) is 0.405. The Morgan fingerprint density at radius 1 is 0.875 bits per heavy atom. The summed E-state index contributed by atoms with van der Waals surface area (Å²) >= 11 is 0. The van der Waals surface area contributed by atoms with E-state index in [0.29, 0.717) is 18.3 Å². The van der Waals surface area contributed by atoms with Crippen LogP contribution in [0.15, 0.2) is 41.5 Å². The first-order valence-corrected chi connectivity index (χ1v) is 16.0. The van der Waals surface area contributed by atoms with Crippen LogP contribution in [0.2, 0.25) is 0 Å². The standard InChI is InChI=1S/C36H51NO3/c1-22(2)29-25(38)21-36(31(40)37-23-11-9-8-10-12-23)20-19-34(6)24(30(29)36)13-14-27-33(5)17-16-28(39)32(3,4)26(33)15-18-35(27,34)7/h8-12,22,24,26-28,39H,13-21H2,1-7H3,(H,37,40)/t24-,26?,27?,28+,33+,34-,35-,36-/m1/s1. The summed E-state index contributed by atoms with van der Waals surface area (Å²) in [5, 5.41) is 14.2. The van der Waals surface area contributed by atoms with Crippen molar-refractivity contribution in [2.75, 3.05) is 5.32 Å². The molecule has 4 fully saturated rings. The molecular formula is C36H51NO3. The maximum atomic E-state index is 14.2. The number of ketones is 1. The number of anilines is 1. The van der Waals surface area contributed by atoms with Crippen LogP contribution in [0.4, 0.5) is 5.69 Å². The fourth-order valence-electron chi connectivity index (χ4n) is 11.7. The number of rotatable bonds is 3. The molecule has 0 heterocycles. The lowest BCUT2D eigenvalue weighted by Gasteiger charge is -2.72. The van der Waals surface area contributed by atoms with Gasteiger partial charge in [-0.1, -0.05) is 66.7 Å². The average Bonchev–Trinajstić information content (AvgIpc) is 3.21. The Bertz CT molecular complexity index is 1250. The highest BCUT2D eigenvalue weighted by atomic mass is 16.3. The average molecular weight is 546 g/mol. The van der Waals surface area contributed by atoms with Gasteiger partial charge in [-0.25, -0.2) is 0 Å². The van der Waals surface area contributed by atoms with Gasteiger partial charge >= 0.3 is 0 Å². The summed E-state index contributed by atoms with van der Waals surface area (Å²) in [6, 6.07) is 9.75. The van der Waals surface area contributed by atoms with Crippen molar-refractivity contribution in [2.45, 2.75) is 112 Å². The van der Waals surface area contributed by atoms with E-state index in [1.807, 2.05) is 30.3 Å². The number of carbonyl (C=O) groups is 2. The van der Waals surface area contributed by atoms with Crippen molar-refractivity contribution >= 4 is 17.4 Å². The molecule has 1 aromatic carbocycles. The van der Waals surface area contributed by atoms with Gasteiger partial charge in [0.25, 0.3) is 0 Å². The van der Waals surface area contributed by atoms with Gasteiger partial charge in [0.2, 0.25) is 5.91 Å². The van der Waals surface area contributed by atoms with Crippen molar-refractivity contribution in [1.29, 1.82) is 0 Å². The minimum absolute atomic E-state index is 0.0192. The summed E-state index contributed by atoms with van der Waals surface area (Å²) in [7, 11) is 0. The zero-order chi connectivity index (χ0) is 28.9. The monoisotopic (exact) mass is 545 g/mol. The fraction of sp³-hybridized carbons (Fsp3) is 0.722. The van der Waals surface area contributed by atoms with Crippen LogP contribution in [-0.4, -0.2) is 22.9 Å². The molecule has 1 aromatic rings. The van der Waals surface area contributed by atoms with Gasteiger partial charge in [-0.2, -0.15) is 0 Å². The number of hydrogen-bond donors (Lipinski definition) is 2. The predicted octanol–water partition coefficient (Wildman–Crippen LogP) is 7.97. The summed E-state index contributed by atoms with van der Waals surface area (Å²) < 4.78 is 0. The van der Waals surface area contributed by atoms with Gasteiger partial charge in [-0.3, -0.25) is 9.59 Å². The van der Waals surface area contributed by atoms with Gasteiger partial charge < -0.3 is 10.4 Å². The lowest BCUT2D eigenvalue weighted by atomic mass is 9.33. The Labute approximate surface area is 241 Å². The predicted molar refractivity (Wildman–Crippen MR) is 161 cm³/mol. The molecule has 0 saturated heterocycles. The van der Waals surface area contributed by atoms with Gasteiger partial charge in [0.1, 0.15) is 0 Å². The second kappa shape index (κ2) is 9.03. The van der Waals surface area contributed by atoms with E-state index in [2.05, 4.69) is 53.8 Å². The van der Waals surface area contributed by atoms with E-state index >= 15 is 0 Å². The molecule has 4 heteroatoms.